The average Bonchev–Trinajstić information content (AvgIpc) is 2.15. The summed E-state index contributed by atoms with van der Waals surface area (Å²) in [5, 5.41) is 0. The minimum atomic E-state index is 0.521. The molecule has 2 N–H and O–H groups in total. The zero-order chi connectivity index (χ0) is 9.97. The van der Waals surface area contributed by atoms with Crippen molar-refractivity contribution in [1.29, 1.82) is 0 Å². The second kappa shape index (κ2) is 3.96. The summed E-state index contributed by atoms with van der Waals surface area (Å²) in [6.07, 6.45) is 5.76. The van der Waals surface area contributed by atoms with E-state index in [0.717, 1.165) is 5.69 Å². The van der Waals surface area contributed by atoms with Crippen molar-refractivity contribution in [1.82, 2.24) is 4.98 Å². The smallest absolute Gasteiger partial charge is 0.0772 e. The van der Waals surface area contributed by atoms with Gasteiger partial charge in [0.15, 0.2) is 0 Å². The van der Waals surface area contributed by atoms with E-state index < -0.39 is 0 Å². The van der Waals surface area contributed by atoms with Gasteiger partial charge < -0.3 is 10.6 Å². The molecule has 0 unspecified atom stereocenters. The van der Waals surface area contributed by atoms with Crippen molar-refractivity contribution >= 4 is 5.69 Å². The van der Waals surface area contributed by atoms with Gasteiger partial charge in [-0.05, 0) is 31.4 Å². The van der Waals surface area contributed by atoms with Crippen LogP contribution >= 0.6 is 0 Å². The lowest BCUT2D eigenvalue weighted by Gasteiger charge is -2.37. The Bertz CT molecular complexity index is 307. The summed E-state index contributed by atoms with van der Waals surface area (Å²) in [6.45, 7) is 0.521. The highest BCUT2D eigenvalue weighted by Gasteiger charge is 2.23. The van der Waals surface area contributed by atoms with Gasteiger partial charge in [0.05, 0.1) is 11.4 Å². The van der Waals surface area contributed by atoms with Crippen molar-refractivity contribution in [3.05, 3.63) is 24.0 Å². The van der Waals surface area contributed by atoms with Gasteiger partial charge >= 0.3 is 0 Å². The molecule has 14 heavy (non-hydrogen) atoms. The van der Waals surface area contributed by atoms with Crippen LogP contribution in [-0.2, 0) is 6.54 Å². The minimum absolute atomic E-state index is 0.521. The first-order chi connectivity index (χ1) is 6.83. The van der Waals surface area contributed by atoms with E-state index in [-0.39, 0.29) is 0 Å². The van der Waals surface area contributed by atoms with Gasteiger partial charge in [-0.15, -0.1) is 0 Å². The molecule has 3 heteroatoms. The van der Waals surface area contributed by atoms with E-state index in [4.69, 9.17) is 5.73 Å². The second-order valence-electron chi connectivity index (χ2n) is 3.87. The molecule has 2 rings (SSSR count). The highest BCUT2D eigenvalue weighted by Crippen LogP contribution is 2.29. The van der Waals surface area contributed by atoms with E-state index in [9.17, 15) is 0 Å². The second-order valence-corrected chi connectivity index (χ2v) is 3.87. The first-order valence-corrected chi connectivity index (χ1v) is 5.19. The van der Waals surface area contributed by atoms with Crippen LogP contribution in [0.5, 0.6) is 0 Å². The summed E-state index contributed by atoms with van der Waals surface area (Å²) in [6, 6.07) is 4.78. The van der Waals surface area contributed by atoms with Crippen LogP contribution in [0.1, 0.15) is 25.0 Å². The molecule has 76 valence electrons. The quantitative estimate of drug-likeness (QED) is 0.787. The molecule has 0 spiro atoms. The van der Waals surface area contributed by atoms with Crippen molar-refractivity contribution < 1.29 is 0 Å². The van der Waals surface area contributed by atoms with E-state index in [0.29, 0.717) is 12.6 Å². The molecule has 1 aliphatic rings. The Morgan fingerprint density at radius 3 is 2.93 bits per heavy atom. The normalized spacial score (nSPS) is 16.4. The molecular formula is C11H17N3. The van der Waals surface area contributed by atoms with Gasteiger partial charge in [-0.25, -0.2) is 0 Å². The van der Waals surface area contributed by atoms with Crippen LogP contribution in [0.25, 0.3) is 0 Å². The molecule has 0 radical (unpaired) electrons. The number of pyridine rings is 1. The first kappa shape index (κ1) is 9.46. The third-order valence-corrected chi connectivity index (χ3v) is 3.06. The van der Waals surface area contributed by atoms with Crippen molar-refractivity contribution in [3.63, 3.8) is 0 Å². The Balaban J connectivity index is 2.20. The Kier molecular flexibility index (Phi) is 2.68. The topological polar surface area (TPSA) is 42.2 Å². The predicted octanol–water partition coefficient (Wildman–Crippen LogP) is 1.53. The van der Waals surface area contributed by atoms with E-state index in [2.05, 4.69) is 23.0 Å². The van der Waals surface area contributed by atoms with E-state index in [1.807, 2.05) is 6.07 Å². The van der Waals surface area contributed by atoms with E-state index >= 15 is 0 Å². The molecule has 1 heterocycles. The minimum Gasteiger partial charge on any atom is -0.370 e. The lowest BCUT2D eigenvalue weighted by molar-refractivity contribution is 0.400. The van der Waals surface area contributed by atoms with Crippen LogP contribution in [0, 0.1) is 0 Å². The number of hydrogen-bond donors (Lipinski definition) is 1. The van der Waals surface area contributed by atoms with Crippen LogP contribution < -0.4 is 10.6 Å². The summed E-state index contributed by atoms with van der Waals surface area (Å²) in [4.78, 5) is 6.61. The molecule has 0 bridgehead atoms. The average molecular weight is 191 g/mol. The lowest BCUT2D eigenvalue weighted by Crippen LogP contribution is -2.37. The molecule has 0 amide bonds. The summed E-state index contributed by atoms with van der Waals surface area (Å²) in [7, 11) is 2.14. The van der Waals surface area contributed by atoms with Gasteiger partial charge in [0.25, 0.3) is 0 Å². The monoisotopic (exact) mass is 191 g/mol. The highest BCUT2D eigenvalue weighted by atomic mass is 15.1. The Hall–Kier alpha value is -1.09. The zero-order valence-corrected chi connectivity index (χ0v) is 8.61. The highest BCUT2D eigenvalue weighted by molar-refractivity contribution is 5.50. The third kappa shape index (κ3) is 1.60. The summed E-state index contributed by atoms with van der Waals surface area (Å²) < 4.78 is 0. The molecule has 1 aromatic heterocycles. The molecule has 1 aromatic rings. The Labute approximate surface area is 84.9 Å². The SMILES string of the molecule is CN(c1cccnc1CN)C1CCC1. The number of hydrogen-bond acceptors (Lipinski definition) is 3. The standard InChI is InChI=1S/C11H17N3/c1-14(9-4-2-5-9)11-6-3-7-13-10(11)8-12/h3,6-7,9H,2,4-5,8,12H2,1H3. The Morgan fingerprint density at radius 2 is 2.36 bits per heavy atom. The maximum Gasteiger partial charge on any atom is 0.0772 e. The fraction of sp³-hybridized carbons (Fsp3) is 0.545. The third-order valence-electron chi connectivity index (χ3n) is 3.06. The summed E-state index contributed by atoms with van der Waals surface area (Å²) >= 11 is 0. The van der Waals surface area contributed by atoms with Crippen molar-refractivity contribution in [2.24, 2.45) is 5.73 Å². The van der Waals surface area contributed by atoms with E-state index in [1.165, 1.54) is 24.9 Å². The van der Waals surface area contributed by atoms with E-state index in [1.54, 1.807) is 6.20 Å². The summed E-state index contributed by atoms with van der Waals surface area (Å²) in [5.41, 5.74) is 7.85. The molecule has 1 fully saturated rings. The molecule has 1 saturated carbocycles. The van der Waals surface area contributed by atoms with Crippen LogP contribution in [0.15, 0.2) is 18.3 Å². The van der Waals surface area contributed by atoms with Gasteiger partial charge in [0, 0.05) is 25.8 Å². The number of nitrogens with zero attached hydrogens (tertiary/aromatic N) is 2. The number of rotatable bonds is 3. The molecule has 0 aromatic carbocycles. The molecular weight excluding hydrogens is 174 g/mol. The number of nitrogens with two attached hydrogens (primary N) is 1. The largest absolute Gasteiger partial charge is 0.370 e. The van der Waals surface area contributed by atoms with Crippen LogP contribution in [0.4, 0.5) is 5.69 Å². The van der Waals surface area contributed by atoms with Gasteiger partial charge in [-0.2, -0.15) is 0 Å². The Morgan fingerprint density at radius 1 is 1.57 bits per heavy atom. The predicted molar refractivity (Wildman–Crippen MR) is 58.2 cm³/mol. The number of anilines is 1. The van der Waals surface area contributed by atoms with Crippen LogP contribution in [0.2, 0.25) is 0 Å². The van der Waals surface area contributed by atoms with Crippen molar-refractivity contribution in [2.45, 2.75) is 31.8 Å². The fourth-order valence-electron chi connectivity index (χ4n) is 1.88. The van der Waals surface area contributed by atoms with Gasteiger partial charge in [-0.3, -0.25) is 4.98 Å². The van der Waals surface area contributed by atoms with Gasteiger partial charge in [-0.1, -0.05) is 0 Å². The lowest BCUT2D eigenvalue weighted by atomic mass is 9.91. The first-order valence-electron chi connectivity index (χ1n) is 5.19. The number of aromatic nitrogens is 1. The molecule has 0 atom stereocenters. The van der Waals surface area contributed by atoms with Crippen LogP contribution in [0.3, 0.4) is 0 Å². The van der Waals surface area contributed by atoms with Gasteiger partial charge in [0.1, 0.15) is 0 Å². The molecule has 1 aliphatic carbocycles. The maximum atomic E-state index is 5.66. The summed E-state index contributed by atoms with van der Waals surface area (Å²) in [5.74, 6) is 0. The molecule has 0 aliphatic heterocycles. The van der Waals surface area contributed by atoms with Crippen molar-refractivity contribution in [2.75, 3.05) is 11.9 Å². The van der Waals surface area contributed by atoms with Crippen LogP contribution in [-0.4, -0.2) is 18.1 Å². The van der Waals surface area contributed by atoms with Gasteiger partial charge in [0.2, 0.25) is 0 Å². The molecule has 3 nitrogen and oxygen atoms in total. The molecule has 0 saturated heterocycles. The zero-order valence-electron chi connectivity index (χ0n) is 8.61. The maximum absolute atomic E-state index is 5.66. The van der Waals surface area contributed by atoms with Crippen molar-refractivity contribution in [3.8, 4) is 0 Å². The fourth-order valence-corrected chi connectivity index (χ4v) is 1.88.